The topological polar surface area (TPSA) is 3.24 Å². The highest BCUT2D eigenvalue weighted by Crippen LogP contribution is 2.35. The van der Waals surface area contributed by atoms with Crippen molar-refractivity contribution in [3.63, 3.8) is 0 Å². The normalized spacial score (nSPS) is 13.8. The van der Waals surface area contributed by atoms with Crippen LogP contribution in [0.1, 0.15) is 12.5 Å². The lowest BCUT2D eigenvalue weighted by Gasteiger charge is -2.17. The van der Waals surface area contributed by atoms with Gasteiger partial charge in [0.25, 0.3) is 0 Å². The predicted molar refractivity (Wildman–Crippen MR) is 73.5 cm³/mol. The van der Waals surface area contributed by atoms with E-state index in [0.717, 1.165) is 13.1 Å². The molecule has 3 rings (SSSR count). The van der Waals surface area contributed by atoms with Gasteiger partial charge in [0.05, 0.1) is 0 Å². The monoisotopic (exact) mass is 223 g/mol. The molecule has 0 aliphatic carbocycles. The zero-order valence-corrected chi connectivity index (χ0v) is 10.2. The van der Waals surface area contributed by atoms with Crippen LogP contribution < -0.4 is 4.90 Å². The summed E-state index contributed by atoms with van der Waals surface area (Å²) in [4.78, 5) is 2.46. The third-order valence-corrected chi connectivity index (χ3v) is 3.59. The molecule has 0 saturated heterocycles. The van der Waals surface area contributed by atoms with E-state index in [4.69, 9.17) is 0 Å². The van der Waals surface area contributed by atoms with Crippen molar-refractivity contribution in [3.8, 4) is 11.1 Å². The van der Waals surface area contributed by atoms with Crippen LogP contribution >= 0.6 is 0 Å². The van der Waals surface area contributed by atoms with Gasteiger partial charge in [-0.05, 0) is 36.1 Å². The second-order valence-electron chi connectivity index (χ2n) is 4.50. The van der Waals surface area contributed by atoms with Gasteiger partial charge in [0.1, 0.15) is 0 Å². The van der Waals surface area contributed by atoms with Gasteiger partial charge in [-0.25, -0.2) is 0 Å². The fourth-order valence-corrected chi connectivity index (χ4v) is 2.72. The molecule has 0 unspecified atom stereocenters. The van der Waals surface area contributed by atoms with Crippen molar-refractivity contribution in [2.24, 2.45) is 0 Å². The fraction of sp³-hybridized carbons (Fsp3) is 0.250. The number of hydrogen-bond donors (Lipinski definition) is 0. The molecule has 2 aromatic carbocycles. The van der Waals surface area contributed by atoms with Crippen LogP contribution in [0.5, 0.6) is 0 Å². The molecule has 1 aliphatic rings. The smallest absolute Gasteiger partial charge is 0.0405 e. The molecule has 86 valence electrons. The molecule has 0 bridgehead atoms. The van der Waals surface area contributed by atoms with Gasteiger partial charge in [0, 0.05) is 18.8 Å². The van der Waals surface area contributed by atoms with Gasteiger partial charge >= 0.3 is 0 Å². The molecule has 0 amide bonds. The molecule has 1 nitrogen and oxygen atoms in total. The van der Waals surface area contributed by atoms with E-state index >= 15 is 0 Å². The summed E-state index contributed by atoms with van der Waals surface area (Å²) >= 11 is 0. The Labute approximate surface area is 103 Å². The first kappa shape index (κ1) is 10.4. The van der Waals surface area contributed by atoms with Crippen molar-refractivity contribution in [3.05, 3.63) is 54.1 Å². The van der Waals surface area contributed by atoms with E-state index in [2.05, 4.69) is 60.4 Å². The van der Waals surface area contributed by atoms with E-state index in [1.54, 1.807) is 0 Å². The molecule has 0 N–H and O–H groups in total. The average Bonchev–Trinajstić information content (AvgIpc) is 2.82. The molecular weight excluding hydrogens is 206 g/mol. The van der Waals surface area contributed by atoms with Gasteiger partial charge in [-0.15, -0.1) is 0 Å². The van der Waals surface area contributed by atoms with Crippen LogP contribution in [-0.4, -0.2) is 13.1 Å². The van der Waals surface area contributed by atoms with Crippen molar-refractivity contribution in [1.29, 1.82) is 0 Å². The van der Waals surface area contributed by atoms with Crippen LogP contribution in [0, 0.1) is 0 Å². The predicted octanol–water partition coefficient (Wildman–Crippen LogP) is 3.74. The van der Waals surface area contributed by atoms with Gasteiger partial charge in [-0.2, -0.15) is 0 Å². The molecule has 0 radical (unpaired) electrons. The van der Waals surface area contributed by atoms with E-state index in [1.165, 1.54) is 28.8 Å². The Balaban J connectivity index is 2.12. The first-order valence-corrected chi connectivity index (χ1v) is 6.32. The van der Waals surface area contributed by atoms with Gasteiger partial charge in [0.2, 0.25) is 0 Å². The van der Waals surface area contributed by atoms with Gasteiger partial charge in [-0.3, -0.25) is 0 Å². The number of nitrogens with zero attached hydrogens (tertiary/aromatic N) is 1. The zero-order valence-electron chi connectivity index (χ0n) is 10.2. The van der Waals surface area contributed by atoms with E-state index in [0.29, 0.717) is 0 Å². The van der Waals surface area contributed by atoms with Crippen LogP contribution in [0.25, 0.3) is 11.1 Å². The second kappa shape index (κ2) is 4.25. The number of fused-ring (bicyclic) bond motifs is 1. The van der Waals surface area contributed by atoms with Crippen LogP contribution in [-0.2, 0) is 6.42 Å². The summed E-state index contributed by atoms with van der Waals surface area (Å²) in [5, 5.41) is 0. The average molecular weight is 223 g/mol. The Hall–Kier alpha value is -1.76. The molecule has 0 aromatic heterocycles. The lowest BCUT2D eigenvalue weighted by Crippen LogP contribution is -2.18. The first-order valence-electron chi connectivity index (χ1n) is 6.32. The number of rotatable bonds is 2. The molecule has 2 aromatic rings. The van der Waals surface area contributed by atoms with Crippen LogP contribution in [0.4, 0.5) is 5.69 Å². The summed E-state index contributed by atoms with van der Waals surface area (Å²) < 4.78 is 0. The number of likely N-dealkylation sites (N-methyl/N-ethyl adjacent to an activating group) is 1. The van der Waals surface area contributed by atoms with Crippen molar-refractivity contribution in [2.45, 2.75) is 13.3 Å². The van der Waals surface area contributed by atoms with Crippen molar-refractivity contribution >= 4 is 5.69 Å². The Morgan fingerprint density at radius 3 is 2.59 bits per heavy atom. The van der Waals surface area contributed by atoms with Crippen molar-refractivity contribution < 1.29 is 0 Å². The van der Waals surface area contributed by atoms with E-state index in [9.17, 15) is 0 Å². The maximum atomic E-state index is 2.46. The number of anilines is 1. The van der Waals surface area contributed by atoms with Crippen molar-refractivity contribution in [2.75, 3.05) is 18.0 Å². The van der Waals surface area contributed by atoms with Gasteiger partial charge < -0.3 is 4.90 Å². The number of benzene rings is 2. The Bertz CT molecular complexity index is 516. The third kappa shape index (κ3) is 1.72. The van der Waals surface area contributed by atoms with Crippen LogP contribution in [0.2, 0.25) is 0 Å². The summed E-state index contributed by atoms with van der Waals surface area (Å²) in [6.07, 6.45) is 1.17. The quantitative estimate of drug-likeness (QED) is 0.749. The molecule has 17 heavy (non-hydrogen) atoms. The SMILES string of the molecule is CCN1CCc2c(-c3ccccc3)cccc21. The maximum absolute atomic E-state index is 2.46. The summed E-state index contributed by atoms with van der Waals surface area (Å²) in [5.74, 6) is 0. The molecule has 0 spiro atoms. The largest absolute Gasteiger partial charge is 0.371 e. The minimum Gasteiger partial charge on any atom is -0.371 e. The highest BCUT2D eigenvalue weighted by Gasteiger charge is 2.20. The molecule has 0 fully saturated rings. The summed E-state index contributed by atoms with van der Waals surface area (Å²) in [7, 11) is 0. The highest BCUT2D eigenvalue weighted by molar-refractivity contribution is 5.76. The fourth-order valence-electron chi connectivity index (χ4n) is 2.72. The summed E-state index contributed by atoms with van der Waals surface area (Å²) in [6, 6.07) is 17.4. The molecule has 1 aliphatic heterocycles. The van der Waals surface area contributed by atoms with Gasteiger partial charge in [0.15, 0.2) is 0 Å². The first-order chi connectivity index (χ1) is 8.40. The molecule has 0 atom stereocenters. The van der Waals surface area contributed by atoms with Crippen LogP contribution in [0.3, 0.4) is 0 Å². The minimum atomic E-state index is 1.10. The Morgan fingerprint density at radius 1 is 1.00 bits per heavy atom. The number of hydrogen-bond acceptors (Lipinski definition) is 1. The second-order valence-corrected chi connectivity index (χ2v) is 4.50. The third-order valence-electron chi connectivity index (χ3n) is 3.59. The van der Waals surface area contributed by atoms with Crippen LogP contribution in [0.15, 0.2) is 48.5 Å². The van der Waals surface area contributed by atoms with E-state index in [-0.39, 0.29) is 0 Å². The lowest BCUT2D eigenvalue weighted by molar-refractivity contribution is 0.868. The summed E-state index contributed by atoms with van der Waals surface area (Å²) in [6.45, 7) is 4.49. The lowest BCUT2D eigenvalue weighted by atomic mass is 9.98. The molecule has 1 heterocycles. The van der Waals surface area contributed by atoms with Gasteiger partial charge in [-0.1, -0.05) is 42.5 Å². The highest BCUT2D eigenvalue weighted by atomic mass is 15.1. The van der Waals surface area contributed by atoms with E-state index in [1.807, 2.05) is 0 Å². The Kier molecular flexibility index (Phi) is 2.60. The molecule has 1 heteroatoms. The van der Waals surface area contributed by atoms with E-state index < -0.39 is 0 Å². The molecule has 0 saturated carbocycles. The zero-order chi connectivity index (χ0) is 11.7. The maximum Gasteiger partial charge on any atom is 0.0405 e. The summed E-state index contributed by atoms with van der Waals surface area (Å²) in [5.41, 5.74) is 5.68. The standard InChI is InChI=1S/C16H17N/c1-2-17-12-11-15-14(9-6-10-16(15)17)13-7-4-3-5-8-13/h3-10H,2,11-12H2,1H3. The van der Waals surface area contributed by atoms with Crippen molar-refractivity contribution in [1.82, 2.24) is 0 Å². The minimum absolute atomic E-state index is 1.10. The Morgan fingerprint density at radius 2 is 1.82 bits per heavy atom. The molecular formula is C16H17N.